The van der Waals surface area contributed by atoms with E-state index in [-0.39, 0.29) is 5.41 Å². The number of halogens is 2. The number of nitrogens with one attached hydrogen (secondary N) is 1. The van der Waals surface area contributed by atoms with E-state index in [0.29, 0.717) is 22.6 Å². The number of anilines is 1. The molecule has 0 unspecified atom stereocenters. The van der Waals surface area contributed by atoms with Gasteiger partial charge in [-0.15, -0.1) is 0 Å². The van der Waals surface area contributed by atoms with Gasteiger partial charge in [-0.05, 0) is 69.8 Å². The van der Waals surface area contributed by atoms with Gasteiger partial charge in [-0.3, -0.25) is 4.72 Å². The molecule has 4 rings (SSSR count). The van der Waals surface area contributed by atoms with Gasteiger partial charge in [0.25, 0.3) is 0 Å². The Bertz CT molecular complexity index is 1540. The van der Waals surface area contributed by atoms with Crippen molar-refractivity contribution in [1.82, 2.24) is 0 Å². The van der Waals surface area contributed by atoms with Crippen molar-refractivity contribution in [2.45, 2.75) is 26.2 Å². The molecule has 0 saturated carbocycles. The van der Waals surface area contributed by atoms with Crippen LogP contribution in [-0.4, -0.2) is 21.8 Å². The third-order valence-electron chi connectivity index (χ3n) is 5.80. The molecule has 0 radical (unpaired) electrons. The van der Waals surface area contributed by atoms with Gasteiger partial charge in [-0.2, -0.15) is 0 Å². The van der Waals surface area contributed by atoms with E-state index in [1.165, 1.54) is 12.1 Å². The Hall–Kier alpha value is -3.45. The molecule has 182 valence electrons. The number of hydrogen-bond acceptors (Lipinski definition) is 3. The van der Waals surface area contributed by atoms with E-state index >= 15 is 0 Å². The Morgan fingerprint density at radius 1 is 0.800 bits per heavy atom. The standard InChI is InChI=1S/C28H27F2NO3S/c1-28(2,3)25-15-20(23-11-9-21(29)16-26(23)30)14-24(27(25)34-4)19-7-6-18-13-22(31-35(5,32)33)10-8-17(18)12-19/h6-16,31H,1-5H3. The number of rotatable bonds is 5. The lowest BCUT2D eigenvalue weighted by Crippen LogP contribution is -2.14. The zero-order valence-electron chi connectivity index (χ0n) is 20.2. The molecule has 0 spiro atoms. The molecular weight excluding hydrogens is 468 g/mol. The highest BCUT2D eigenvalue weighted by Gasteiger charge is 2.24. The summed E-state index contributed by atoms with van der Waals surface area (Å²) < 4.78 is 59.8. The summed E-state index contributed by atoms with van der Waals surface area (Å²) in [6.07, 6.45) is 1.11. The molecule has 0 atom stereocenters. The summed E-state index contributed by atoms with van der Waals surface area (Å²) in [5, 5.41) is 1.76. The van der Waals surface area contributed by atoms with Crippen LogP contribution in [0, 0.1) is 11.6 Å². The smallest absolute Gasteiger partial charge is 0.229 e. The highest BCUT2D eigenvalue weighted by atomic mass is 32.2. The Morgan fingerprint density at radius 2 is 1.49 bits per heavy atom. The summed E-state index contributed by atoms with van der Waals surface area (Å²) in [7, 11) is -1.78. The molecule has 0 saturated heterocycles. The van der Waals surface area contributed by atoms with E-state index in [1.807, 2.05) is 36.4 Å². The maximum atomic E-state index is 14.7. The van der Waals surface area contributed by atoms with Crippen LogP contribution in [0.3, 0.4) is 0 Å². The zero-order chi connectivity index (χ0) is 25.5. The minimum absolute atomic E-state index is 0.304. The molecule has 7 heteroatoms. The van der Waals surface area contributed by atoms with Gasteiger partial charge in [-0.25, -0.2) is 17.2 Å². The van der Waals surface area contributed by atoms with Crippen LogP contribution < -0.4 is 9.46 Å². The zero-order valence-corrected chi connectivity index (χ0v) is 21.1. The summed E-state index contributed by atoms with van der Waals surface area (Å²) >= 11 is 0. The molecule has 0 bridgehead atoms. The normalized spacial score (nSPS) is 12.1. The third-order valence-corrected chi connectivity index (χ3v) is 6.40. The van der Waals surface area contributed by atoms with Gasteiger partial charge < -0.3 is 4.74 Å². The topological polar surface area (TPSA) is 55.4 Å². The summed E-state index contributed by atoms with van der Waals surface area (Å²) in [4.78, 5) is 0. The molecule has 0 heterocycles. The number of hydrogen-bond donors (Lipinski definition) is 1. The molecule has 1 N–H and O–H groups in total. The Balaban J connectivity index is 1.93. The van der Waals surface area contributed by atoms with Crippen molar-refractivity contribution in [3.63, 3.8) is 0 Å². The average molecular weight is 496 g/mol. The second-order valence-electron chi connectivity index (χ2n) is 9.63. The van der Waals surface area contributed by atoms with E-state index < -0.39 is 21.7 Å². The first kappa shape index (κ1) is 24.7. The maximum absolute atomic E-state index is 14.7. The predicted octanol–water partition coefficient (Wildman–Crippen LogP) is 7.13. The SMILES string of the molecule is COc1c(-c2ccc3cc(NS(C)(=O)=O)ccc3c2)cc(-c2ccc(F)cc2F)cc1C(C)(C)C. The summed E-state index contributed by atoms with van der Waals surface area (Å²) in [5.74, 6) is -0.584. The Kier molecular flexibility index (Phi) is 6.32. The van der Waals surface area contributed by atoms with Gasteiger partial charge in [0.1, 0.15) is 17.4 Å². The number of ether oxygens (including phenoxy) is 1. The fourth-order valence-electron chi connectivity index (χ4n) is 4.19. The van der Waals surface area contributed by atoms with Crippen molar-refractivity contribution in [1.29, 1.82) is 0 Å². The fourth-order valence-corrected chi connectivity index (χ4v) is 4.75. The predicted molar refractivity (Wildman–Crippen MR) is 138 cm³/mol. The number of methoxy groups -OCH3 is 1. The minimum Gasteiger partial charge on any atom is -0.496 e. The Labute approximate surface area is 204 Å². The van der Waals surface area contributed by atoms with Crippen molar-refractivity contribution < 1.29 is 21.9 Å². The first-order chi connectivity index (χ1) is 16.4. The Morgan fingerprint density at radius 3 is 2.11 bits per heavy atom. The molecule has 0 aliphatic rings. The second-order valence-corrected chi connectivity index (χ2v) is 11.4. The lowest BCUT2D eigenvalue weighted by Gasteiger charge is -2.26. The van der Waals surface area contributed by atoms with Gasteiger partial charge in [0.05, 0.1) is 13.4 Å². The third kappa shape index (κ3) is 5.30. The molecular formula is C28H27F2NO3S. The summed E-state index contributed by atoms with van der Waals surface area (Å²) in [5.41, 5.74) is 3.62. The fraction of sp³-hybridized carbons (Fsp3) is 0.214. The van der Waals surface area contributed by atoms with Crippen LogP contribution in [0.25, 0.3) is 33.0 Å². The molecule has 4 aromatic rings. The lowest BCUT2D eigenvalue weighted by atomic mass is 9.82. The summed E-state index contributed by atoms with van der Waals surface area (Å²) in [6.45, 7) is 6.16. The number of sulfonamides is 1. The largest absolute Gasteiger partial charge is 0.496 e. The first-order valence-corrected chi connectivity index (χ1v) is 12.9. The van der Waals surface area contributed by atoms with E-state index in [2.05, 4.69) is 25.5 Å². The van der Waals surface area contributed by atoms with Crippen molar-refractivity contribution in [2.75, 3.05) is 18.1 Å². The van der Waals surface area contributed by atoms with Gasteiger partial charge >= 0.3 is 0 Å². The first-order valence-electron chi connectivity index (χ1n) is 11.1. The van der Waals surface area contributed by atoms with E-state index in [9.17, 15) is 17.2 Å². The van der Waals surface area contributed by atoms with Crippen LogP contribution in [0.15, 0.2) is 66.7 Å². The van der Waals surface area contributed by atoms with Gasteiger partial charge in [0, 0.05) is 28.4 Å². The minimum atomic E-state index is -3.38. The lowest BCUT2D eigenvalue weighted by molar-refractivity contribution is 0.399. The van der Waals surface area contributed by atoms with Crippen LogP contribution in [0.2, 0.25) is 0 Å². The summed E-state index contributed by atoms with van der Waals surface area (Å²) in [6, 6.07) is 18.4. The molecule has 0 aromatic heterocycles. The van der Waals surface area contributed by atoms with Crippen LogP contribution >= 0.6 is 0 Å². The van der Waals surface area contributed by atoms with E-state index in [1.54, 1.807) is 19.2 Å². The van der Waals surface area contributed by atoms with Gasteiger partial charge in [0.15, 0.2) is 0 Å². The highest BCUT2D eigenvalue weighted by Crippen LogP contribution is 2.43. The van der Waals surface area contributed by atoms with Crippen LogP contribution in [0.1, 0.15) is 26.3 Å². The van der Waals surface area contributed by atoms with Crippen LogP contribution in [0.5, 0.6) is 5.75 Å². The molecule has 4 nitrogen and oxygen atoms in total. The van der Waals surface area contributed by atoms with Gasteiger partial charge in [-0.1, -0.05) is 39.0 Å². The quantitative estimate of drug-likeness (QED) is 0.320. The van der Waals surface area contributed by atoms with Gasteiger partial charge in [0.2, 0.25) is 10.0 Å². The number of benzene rings is 4. The van der Waals surface area contributed by atoms with E-state index in [4.69, 9.17) is 4.74 Å². The van der Waals surface area contributed by atoms with Crippen molar-refractivity contribution >= 4 is 26.5 Å². The van der Waals surface area contributed by atoms with Crippen LogP contribution in [-0.2, 0) is 15.4 Å². The molecule has 0 aliphatic carbocycles. The average Bonchev–Trinajstić information content (AvgIpc) is 2.76. The molecule has 0 fully saturated rings. The molecule has 0 amide bonds. The van der Waals surface area contributed by atoms with Crippen molar-refractivity contribution in [3.05, 3.63) is 83.9 Å². The van der Waals surface area contributed by atoms with Crippen LogP contribution in [0.4, 0.5) is 14.5 Å². The molecule has 35 heavy (non-hydrogen) atoms. The van der Waals surface area contributed by atoms with E-state index in [0.717, 1.165) is 39.8 Å². The molecule has 4 aromatic carbocycles. The molecule has 0 aliphatic heterocycles. The van der Waals surface area contributed by atoms with Crippen molar-refractivity contribution in [3.8, 4) is 28.0 Å². The highest BCUT2D eigenvalue weighted by molar-refractivity contribution is 7.92. The van der Waals surface area contributed by atoms with Crippen molar-refractivity contribution in [2.24, 2.45) is 0 Å². The number of fused-ring (bicyclic) bond motifs is 1. The second kappa shape index (κ2) is 8.96. The monoisotopic (exact) mass is 495 g/mol. The maximum Gasteiger partial charge on any atom is 0.229 e.